The summed E-state index contributed by atoms with van der Waals surface area (Å²) in [5, 5.41) is 0.983. The molecule has 0 unspecified atom stereocenters. The van der Waals surface area contributed by atoms with E-state index in [9.17, 15) is 13.2 Å². The van der Waals surface area contributed by atoms with Crippen LogP contribution in [-0.2, 0) is 20.4 Å². The lowest BCUT2D eigenvalue weighted by molar-refractivity contribution is -0.131. The second kappa shape index (κ2) is 8.73. The van der Waals surface area contributed by atoms with E-state index in [0.717, 1.165) is 16.2 Å². The topological polar surface area (TPSA) is 70.6 Å². The van der Waals surface area contributed by atoms with Gasteiger partial charge in [0, 0.05) is 32.6 Å². The number of nitrogens with zero attached hydrogens (tertiary/aromatic N) is 3. The summed E-state index contributed by atoms with van der Waals surface area (Å²) >= 11 is 1.67. The summed E-state index contributed by atoms with van der Waals surface area (Å²) in [6, 6.07) is 15.3. The standard InChI is InChI=1S/C22H25N3O3S2/c1-17-6-5-9-19-21(17)23-22(29-19)25-13-11-24(12-14-25)20(26)10-15-30(27,28)16-18-7-3-2-4-8-18/h2-9H,10-16H2,1H3. The van der Waals surface area contributed by atoms with Crippen LogP contribution in [0.5, 0.6) is 0 Å². The number of hydrogen-bond donors (Lipinski definition) is 0. The Hall–Kier alpha value is -2.45. The zero-order chi connectivity index (χ0) is 21.1. The summed E-state index contributed by atoms with van der Waals surface area (Å²) in [7, 11) is -3.31. The Morgan fingerprint density at radius 1 is 1.03 bits per heavy atom. The molecule has 1 amide bonds. The van der Waals surface area contributed by atoms with E-state index in [4.69, 9.17) is 4.98 Å². The maximum atomic E-state index is 12.6. The molecule has 0 bridgehead atoms. The molecule has 8 heteroatoms. The molecule has 0 atom stereocenters. The van der Waals surface area contributed by atoms with Crippen molar-refractivity contribution in [2.75, 3.05) is 36.8 Å². The first-order valence-electron chi connectivity index (χ1n) is 10.0. The number of piperazine rings is 1. The maximum Gasteiger partial charge on any atom is 0.223 e. The fourth-order valence-electron chi connectivity index (χ4n) is 3.66. The Bertz CT molecular complexity index is 1130. The first kappa shape index (κ1) is 20.8. The first-order chi connectivity index (χ1) is 14.4. The molecule has 0 radical (unpaired) electrons. The summed E-state index contributed by atoms with van der Waals surface area (Å²) in [6.45, 7) is 4.66. The van der Waals surface area contributed by atoms with Gasteiger partial charge in [-0.05, 0) is 24.1 Å². The molecule has 2 aromatic carbocycles. The number of thiazole rings is 1. The number of fused-ring (bicyclic) bond motifs is 1. The quantitative estimate of drug-likeness (QED) is 0.585. The van der Waals surface area contributed by atoms with Crippen LogP contribution in [0.1, 0.15) is 17.5 Å². The molecule has 2 heterocycles. The van der Waals surface area contributed by atoms with Crippen LogP contribution >= 0.6 is 11.3 Å². The van der Waals surface area contributed by atoms with E-state index in [1.165, 1.54) is 10.3 Å². The zero-order valence-electron chi connectivity index (χ0n) is 17.0. The van der Waals surface area contributed by atoms with Gasteiger partial charge in [-0.25, -0.2) is 13.4 Å². The van der Waals surface area contributed by atoms with Crippen LogP contribution in [0, 0.1) is 6.92 Å². The second-order valence-electron chi connectivity index (χ2n) is 7.61. The molecule has 1 aromatic heterocycles. The SMILES string of the molecule is Cc1cccc2sc(N3CCN(C(=O)CCS(=O)(=O)Cc4ccccc4)CC3)nc12. The highest BCUT2D eigenvalue weighted by atomic mass is 32.2. The molecule has 158 valence electrons. The van der Waals surface area contributed by atoms with Gasteiger partial charge in [-0.2, -0.15) is 0 Å². The van der Waals surface area contributed by atoms with Gasteiger partial charge in [-0.15, -0.1) is 0 Å². The molecular formula is C22H25N3O3S2. The van der Waals surface area contributed by atoms with E-state index >= 15 is 0 Å². The van der Waals surface area contributed by atoms with E-state index in [-0.39, 0.29) is 23.8 Å². The Labute approximate surface area is 181 Å². The Morgan fingerprint density at radius 2 is 1.77 bits per heavy atom. The van der Waals surface area contributed by atoms with Crippen LogP contribution in [0.25, 0.3) is 10.2 Å². The number of rotatable bonds is 6. The lowest BCUT2D eigenvalue weighted by Gasteiger charge is -2.34. The minimum atomic E-state index is -3.31. The number of aryl methyl sites for hydroxylation is 1. The molecule has 3 aromatic rings. The van der Waals surface area contributed by atoms with Gasteiger partial charge in [0.2, 0.25) is 5.91 Å². The predicted molar refractivity (Wildman–Crippen MR) is 122 cm³/mol. The molecule has 1 fully saturated rings. The Balaban J connectivity index is 1.30. The van der Waals surface area contributed by atoms with Gasteiger partial charge in [0.15, 0.2) is 15.0 Å². The van der Waals surface area contributed by atoms with Crippen LogP contribution in [0.15, 0.2) is 48.5 Å². The number of carbonyl (C=O) groups is 1. The number of hydrogen-bond acceptors (Lipinski definition) is 6. The fraction of sp³-hybridized carbons (Fsp3) is 0.364. The summed E-state index contributed by atoms with van der Waals surface area (Å²) < 4.78 is 25.9. The monoisotopic (exact) mass is 443 g/mol. The summed E-state index contributed by atoms with van der Waals surface area (Å²) in [5.74, 6) is -0.226. The summed E-state index contributed by atoms with van der Waals surface area (Å²) in [4.78, 5) is 21.3. The van der Waals surface area contributed by atoms with Crippen molar-refractivity contribution >= 4 is 42.4 Å². The highest BCUT2D eigenvalue weighted by molar-refractivity contribution is 7.90. The molecule has 6 nitrogen and oxygen atoms in total. The second-order valence-corrected chi connectivity index (χ2v) is 10.8. The van der Waals surface area contributed by atoms with Crippen molar-refractivity contribution in [3.8, 4) is 0 Å². The maximum absolute atomic E-state index is 12.6. The van der Waals surface area contributed by atoms with Crippen LogP contribution in [0.4, 0.5) is 5.13 Å². The minimum Gasteiger partial charge on any atom is -0.345 e. The highest BCUT2D eigenvalue weighted by Gasteiger charge is 2.24. The lowest BCUT2D eigenvalue weighted by Crippen LogP contribution is -2.49. The third-order valence-corrected chi connectivity index (χ3v) is 8.05. The molecule has 0 spiro atoms. The zero-order valence-corrected chi connectivity index (χ0v) is 18.6. The highest BCUT2D eigenvalue weighted by Crippen LogP contribution is 2.31. The van der Waals surface area contributed by atoms with Crippen molar-refractivity contribution in [2.45, 2.75) is 19.1 Å². The number of carbonyl (C=O) groups excluding carboxylic acids is 1. The molecular weight excluding hydrogens is 418 g/mol. The molecule has 1 aliphatic heterocycles. The number of benzene rings is 2. The summed E-state index contributed by atoms with van der Waals surface area (Å²) in [5.41, 5.74) is 2.96. The molecule has 30 heavy (non-hydrogen) atoms. The molecule has 4 rings (SSSR count). The molecule has 0 saturated carbocycles. The molecule has 1 saturated heterocycles. The number of para-hydroxylation sites is 1. The van der Waals surface area contributed by atoms with E-state index in [2.05, 4.69) is 24.0 Å². The van der Waals surface area contributed by atoms with Gasteiger partial charge in [0.25, 0.3) is 0 Å². The lowest BCUT2D eigenvalue weighted by atomic mass is 10.2. The smallest absolute Gasteiger partial charge is 0.223 e. The molecule has 0 N–H and O–H groups in total. The Morgan fingerprint density at radius 3 is 2.47 bits per heavy atom. The van der Waals surface area contributed by atoms with Crippen molar-refractivity contribution in [3.05, 3.63) is 59.7 Å². The predicted octanol–water partition coefficient (Wildman–Crippen LogP) is 3.26. The van der Waals surface area contributed by atoms with Crippen molar-refractivity contribution in [3.63, 3.8) is 0 Å². The van der Waals surface area contributed by atoms with E-state index < -0.39 is 9.84 Å². The Kier molecular flexibility index (Phi) is 6.06. The van der Waals surface area contributed by atoms with Crippen LogP contribution < -0.4 is 4.90 Å². The van der Waals surface area contributed by atoms with Gasteiger partial charge >= 0.3 is 0 Å². The molecule has 1 aliphatic rings. The van der Waals surface area contributed by atoms with Crippen molar-refractivity contribution < 1.29 is 13.2 Å². The number of amides is 1. The first-order valence-corrected chi connectivity index (χ1v) is 12.7. The van der Waals surface area contributed by atoms with Gasteiger partial charge in [-0.1, -0.05) is 53.8 Å². The average Bonchev–Trinajstić information content (AvgIpc) is 3.18. The van der Waals surface area contributed by atoms with Crippen LogP contribution in [0.3, 0.4) is 0 Å². The number of sulfone groups is 1. The van der Waals surface area contributed by atoms with Gasteiger partial charge in [-0.3, -0.25) is 4.79 Å². The average molecular weight is 444 g/mol. The summed E-state index contributed by atoms with van der Waals surface area (Å²) in [6.07, 6.45) is 0.0372. The van der Waals surface area contributed by atoms with E-state index in [1.54, 1.807) is 28.4 Å². The van der Waals surface area contributed by atoms with Gasteiger partial charge in [0.05, 0.1) is 21.7 Å². The van der Waals surface area contributed by atoms with Crippen molar-refractivity contribution in [1.82, 2.24) is 9.88 Å². The van der Waals surface area contributed by atoms with Crippen LogP contribution in [-0.4, -0.2) is 56.1 Å². The van der Waals surface area contributed by atoms with Crippen molar-refractivity contribution in [1.29, 1.82) is 0 Å². The third kappa shape index (κ3) is 4.82. The third-order valence-electron chi connectivity index (χ3n) is 5.37. The normalized spacial score (nSPS) is 15.0. The molecule has 0 aliphatic carbocycles. The minimum absolute atomic E-state index is 0.0219. The van der Waals surface area contributed by atoms with Gasteiger partial charge in [0.1, 0.15) is 0 Å². The van der Waals surface area contributed by atoms with E-state index in [1.807, 2.05) is 24.3 Å². The van der Waals surface area contributed by atoms with Crippen LogP contribution in [0.2, 0.25) is 0 Å². The fourth-order valence-corrected chi connectivity index (χ4v) is 6.08. The van der Waals surface area contributed by atoms with Crippen molar-refractivity contribution in [2.24, 2.45) is 0 Å². The number of anilines is 1. The van der Waals surface area contributed by atoms with Gasteiger partial charge < -0.3 is 9.80 Å². The van der Waals surface area contributed by atoms with E-state index in [0.29, 0.717) is 26.2 Å². The largest absolute Gasteiger partial charge is 0.345 e. The number of aromatic nitrogens is 1.